The average molecular weight is 273 g/mol. The number of phenols is 1. The standard InChI is InChI=1S/C15H19N3O2/c1-8-4-5-16-12(8)15-17-14(18-20-15)11-6-9(2)13(19)10(3)7-11/h6-8,12,16,19H,4-5H2,1-3H3. The smallest absolute Gasteiger partial charge is 0.244 e. The minimum absolute atomic E-state index is 0.149. The van der Waals surface area contributed by atoms with E-state index in [1.54, 1.807) is 0 Å². The van der Waals surface area contributed by atoms with Crippen LogP contribution in [0.2, 0.25) is 0 Å². The van der Waals surface area contributed by atoms with Crippen LogP contribution in [0.3, 0.4) is 0 Å². The Hall–Kier alpha value is -1.88. The van der Waals surface area contributed by atoms with Crippen molar-refractivity contribution in [1.29, 1.82) is 0 Å². The van der Waals surface area contributed by atoms with Crippen LogP contribution in [-0.4, -0.2) is 21.8 Å². The summed E-state index contributed by atoms with van der Waals surface area (Å²) in [7, 11) is 0. The predicted octanol–water partition coefficient (Wildman–Crippen LogP) is 2.73. The van der Waals surface area contributed by atoms with Gasteiger partial charge in [-0.3, -0.25) is 0 Å². The molecule has 1 aromatic carbocycles. The lowest BCUT2D eigenvalue weighted by Crippen LogP contribution is -2.16. The molecule has 1 aromatic heterocycles. The Bertz CT molecular complexity index is 613. The maximum atomic E-state index is 9.82. The molecule has 2 atom stereocenters. The molecule has 0 amide bonds. The molecule has 0 saturated carbocycles. The monoisotopic (exact) mass is 273 g/mol. The van der Waals surface area contributed by atoms with Crippen molar-refractivity contribution in [2.24, 2.45) is 5.92 Å². The zero-order valence-corrected chi connectivity index (χ0v) is 12.0. The van der Waals surface area contributed by atoms with E-state index in [4.69, 9.17) is 4.52 Å². The van der Waals surface area contributed by atoms with Gasteiger partial charge in [-0.25, -0.2) is 0 Å². The van der Waals surface area contributed by atoms with Crippen LogP contribution in [0.1, 0.15) is 36.4 Å². The summed E-state index contributed by atoms with van der Waals surface area (Å²) in [5.74, 6) is 2.05. The second kappa shape index (κ2) is 4.90. The van der Waals surface area contributed by atoms with Gasteiger partial charge in [0.1, 0.15) is 5.75 Å². The zero-order valence-electron chi connectivity index (χ0n) is 12.0. The zero-order chi connectivity index (χ0) is 14.3. The van der Waals surface area contributed by atoms with E-state index in [0.29, 0.717) is 23.4 Å². The predicted molar refractivity (Wildman–Crippen MR) is 75.4 cm³/mol. The summed E-state index contributed by atoms with van der Waals surface area (Å²) in [6, 6.07) is 3.90. The molecule has 0 radical (unpaired) electrons. The first-order valence-corrected chi connectivity index (χ1v) is 6.94. The molecule has 5 heteroatoms. The number of benzene rings is 1. The minimum atomic E-state index is 0.149. The van der Waals surface area contributed by atoms with Crippen molar-refractivity contribution in [2.75, 3.05) is 6.54 Å². The number of hydrogen-bond donors (Lipinski definition) is 2. The van der Waals surface area contributed by atoms with E-state index in [9.17, 15) is 5.11 Å². The van der Waals surface area contributed by atoms with Gasteiger partial charge in [-0.15, -0.1) is 0 Å². The highest BCUT2D eigenvalue weighted by molar-refractivity contribution is 5.60. The van der Waals surface area contributed by atoms with Gasteiger partial charge in [0, 0.05) is 5.56 Å². The third-order valence-electron chi connectivity index (χ3n) is 3.99. The summed E-state index contributed by atoms with van der Waals surface area (Å²) in [6.45, 7) is 6.91. The molecule has 0 aliphatic carbocycles. The Balaban J connectivity index is 1.94. The van der Waals surface area contributed by atoms with Crippen molar-refractivity contribution >= 4 is 0 Å². The molecule has 1 saturated heterocycles. The van der Waals surface area contributed by atoms with Crippen molar-refractivity contribution in [1.82, 2.24) is 15.5 Å². The SMILES string of the molecule is Cc1cc(-c2noc(C3NCCC3C)n2)cc(C)c1O. The number of nitrogens with one attached hydrogen (secondary N) is 1. The molecular formula is C15H19N3O2. The van der Waals surface area contributed by atoms with Crippen LogP contribution in [0.5, 0.6) is 5.75 Å². The number of aryl methyl sites for hydroxylation is 2. The van der Waals surface area contributed by atoms with Crippen LogP contribution in [0.15, 0.2) is 16.7 Å². The summed E-state index contributed by atoms with van der Waals surface area (Å²) in [4.78, 5) is 4.50. The molecule has 2 heterocycles. The van der Waals surface area contributed by atoms with Gasteiger partial charge in [0.2, 0.25) is 11.7 Å². The Morgan fingerprint density at radius 3 is 2.60 bits per heavy atom. The van der Waals surface area contributed by atoms with Gasteiger partial charge in [-0.05, 0) is 56.0 Å². The molecule has 1 aliphatic rings. The molecule has 106 valence electrons. The van der Waals surface area contributed by atoms with Crippen LogP contribution in [0.4, 0.5) is 0 Å². The fraction of sp³-hybridized carbons (Fsp3) is 0.467. The Kier molecular flexibility index (Phi) is 3.22. The fourth-order valence-corrected chi connectivity index (χ4v) is 2.73. The molecular weight excluding hydrogens is 254 g/mol. The van der Waals surface area contributed by atoms with Gasteiger partial charge in [-0.1, -0.05) is 12.1 Å². The van der Waals surface area contributed by atoms with E-state index >= 15 is 0 Å². The van der Waals surface area contributed by atoms with E-state index in [1.807, 2.05) is 26.0 Å². The molecule has 2 unspecified atom stereocenters. The second-order valence-electron chi connectivity index (χ2n) is 5.61. The maximum absolute atomic E-state index is 9.82. The van der Waals surface area contributed by atoms with E-state index < -0.39 is 0 Å². The van der Waals surface area contributed by atoms with E-state index in [2.05, 4.69) is 22.4 Å². The van der Waals surface area contributed by atoms with Crippen LogP contribution < -0.4 is 5.32 Å². The highest BCUT2D eigenvalue weighted by Crippen LogP contribution is 2.31. The topological polar surface area (TPSA) is 71.2 Å². The van der Waals surface area contributed by atoms with Gasteiger partial charge >= 0.3 is 0 Å². The number of aromatic hydroxyl groups is 1. The van der Waals surface area contributed by atoms with Crippen molar-refractivity contribution in [2.45, 2.75) is 33.2 Å². The lowest BCUT2D eigenvalue weighted by molar-refractivity contribution is 0.319. The third kappa shape index (κ3) is 2.18. The van der Waals surface area contributed by atoms with Crippen LogP contribution >= 0.6 is 0 Å². The van der Waals surface area contributed by atoms with Crippen molar-refractivity contribution in [3.05, 3.63) is 29.2 Å². The molecule has 0 bridgehead atoms. The summed E-state index contributed by atoms with van der Waals surface area (Å²) < 4.78 is 5.40. The first-order chi connectivity index (χ1) is 9.56. The van der Waals surface area contributed by atoms with E-state index in [-0.39, 0.29) is 6.04 Å². The molecule has 20 heavy (non-hydrogen) atoms. The number of aromatic nitrogens is 2. The second-order valence-corrected chi connectivity index (χ2v) is 5.61. The van der Waals surface area contributed by atoms with Gasteiger partial charge in [0.25, 0.3) is 0 Å². The van der Waals surface area contributed by atoms with Crippen molar-refractivity contribution in [3.8, 4) is 17.1 Å². The van der Waals surface area contributed by atoms with Gasteiger partial charge < -0.3 is 14.9 Å². The van der Waals surface area contributed by atoms with Crippen LogP contribution in [0, 0.1) is 19.8 Å². The Morgan fingerprint density at radius 2 is 2.00 bits per heavy atom. The molecule has 1 fully saturated rings. The first-order valence-electron chi connectivity index (χ1n) is 6.94. The fourth-order valence-electron chi connectivity index (χ4n) is 2.73. The van der Waals surface area contributed by atoms with Gasteiger partial charge in [0.05, 0.1) is 6.04 Å². The number of hydrogen-bond acceptors (Lipinski definition) is 5. The highest BCUT2D eigenvalue weighted by atomic mass is 16.5. The van der Waals surface area contributed by atoms with Gasteiger partial charge in [-0.2, -0.15) is 4.98 Å². The van der Waals surface area contributed by atoms with E-state index in [1.165, 1.54) is 0 Å². The molecule has 2 aromatic rings. The number of rotatable bonds is 2. The number of nitrogens with zero attached hydrogens (tertiary/aromatic N) is 2. The van der Waals surface area contributed by atoms with E-state index in [0.717, 1.165) is 29.7 Å². The summed E-state index contributed by atoms with van der Waals surface area (Å²) in [6.07, 6.45) is 1.12. The normalized spacial score (nSPS) is 22.4. The lowest BCUT2D eigenvalue weighted by Gasteiger charge is -2.09. The number of phenolic OH excluding ortho intramolecular Hbond substituents is 1. The summed E-state index contributed by atoms with van der Waals surface area (Å²) >= 11 is 0. The third-order valence-corrected chi connectivity index (χ3v) is 3.99. The van der Waals surface area contributed by atoms with Crippen LogP contribution in [-0.2, 0) is 0 Å². The Labute approximate surface area is 118 Å². The Morgan fingerprint density at radius 1 is 1.30 bits per heavy atom. The molecule has 5 nitrogen and oxygen atoms in total. The first kappa shape index (κ1) is 13.1. The molecule has 3 rings (SSSR count). The molecule has 0 spiro atoms. The summed E-state index contributed by atoms with van der Waals surface area (Å²) in [5, 5.41) is 17.3. The quantitative estimate of drug-likeness (QED) is 0.880. The maximum Gasteiger partial charge on any atom is 0.244 e. The van der Waals surface area contributed by atoms with Crippen molar-refractivity contribution < 1.29 is 9.63 Å². The molecule has 1 aliphatic heterocycles. The van der Waals surface area contributed by atoms with Crippen LogP contribution in [0.25, 0.3) is 11.4 Å². The largest absolute Gasteiger partial charge is 0.507 e. The highest BCUT2D eigenvalue weighted by Gasteiger charge is 2.29. The molecule has 2 N–H and O–H groups in total. The minimum Gasteiger partial charge on any atom is -0.507 e. The average Bonchev–Trinajstić information content (AvgIpc) is 3.03. The lowest BCUT2D eigenvalue weighted by atomic mass is 10.0. The summed E-state index contributed by atoms with van der Waals surface area (Å²) in [5.41, 5.74) is 2.51. The van der Waals surface area contributed by atoms with Crippen molar-refractivity contribution in [3.63, 3.8) is 0 Å². The van der Waals surface area contributed by atoms with Gasteiger partial charge in [0.15, 0.2) is 0 Å².